The van der Waals surface area contributed by atoms with Crippen molar-refractivity contribution in [3.8, 4) is 0 Å². The summed E-state index contributed by atoms with van der Waals surface area (Å²) in [6, 6.07) is 8.89. The molecule has 1 aliphatic rings. The third kappa shape index (κ3) is 5.43. The number of nitrogens with one attached hydrogen (secondary N) is 1. The SMILES string of the molecule is CN(CCCNC1CCCCC1)Cc1ccccc1Cl. The van der Waals surface area contributed by atoms with Crippen molar-refractivity contribution in [2.75, 3.05) is 20.1 Å². The molecule has 1 N–H and O–H groups in total. The van der Waals surface area contributed by atoms with Crippen molar-refractivity contribution in [3.63, 3.8) is 0 Å². The van der Waals surface area contributed by atoms with E-state index in [1.54, 1.807) is 0 Å². The van der Waals surface area contributed by atoms with Crippen LogP contribution in [0, 0.1) is 0 Å². The lowest BCUT2D eigenvalue weighted by molar-refractivity contribution is 0.308. The second-order valence-corrected chi connectivity index (χ2v) is 6.38. The predicted molar refractivity (Wildman–Crippen MR) is 87.3 cm³/mol. The standard InChI is InChI=1S/C17H27ClN2/c1-20(14-15-8-5-6-11-17(15)18)13-7-12-19-16-9-3-2-4-10-16/h5-6,8,11,16,19H,2-4,7,9-10,12-14H2,1H3. The van der Waals surface area contributed by atoms with Crippen LogP contribution in [0.25, 0.3) is 0 Å². The van der Waals surface area contributed by atoms with E-state index in [1.165, 1.54) is 44.1 Å². The topological polar surface area (TPSA) is 15.3 Å². The molecule has 0 heterocycles. The molecule has 0 amide bonds. The molecule has 2 nitrogen and oxygen atoms in total. The maximum Gasteiger partial charge on any atom is 0.0451 e. The number of rotatable bonds is 7. The van der Waals surface area contributed by atoms with Gasteiger partial charge in [-0.25, -0.2) is 0 Å². The summed E-state index contributed by atoms with van der Waals surface area (Å²) in [7, 11) is 2.17. The maximum absolute atomic E-state index is 6.19. The molecule has 0 radical (unpaired) electrons. The smallest absolute Gasteiger partial charge is 0.0451 e. The zero-order valence-corrected chi connectivity index (χ0v) is 13.3. The van der Waals surface area contributed by atoms with Crippen molar-refractivity contribution in [1.82, 2.24) is 10.2 Å². The number of hydrogen-bond acceptors (Lipinski definition) is 2. The molecule has 1 fully saturated rings. The average Bonchev–Trinajstić information content (AvgIpc) is 2.47. The van der Waals surface area contributed by atoms with Gasteiger partial charge >= 0.3 is 0 Å². The van der Waals surface area contributed by atoms with Gasteiger partial charge in [0.05, 0.1) is 0 Å². The Morgan fingerprint density at radius 2 is 1.95 bits per heavy atom. The van der Waals surface area contributed by atoms with Crippen LogP contribution in [0.2, 0.25) is 5.02 Å². The number of benzene rings is 1. The van der Waals surface area contributed by atoms with Crippen LogP contribution in [0.5, 0.6) is 0 Å². The minimum atomic E-state index is 0.776. The summed E-state index contributed by atoms with van der Waals surface area (Å²) in [5, 5.41) is 4.57. The number of hydrogen-bond donors (Lipinski definition) is 1. The van der Waals surface area contributed by atoms with Crippen LogP contribution in [-0.4, -0.2) is 31.1 Å². The molecule has 0 spiro atoms. The molecule has 1 aromatic rings. The Hall–Kier alpha value is -0.570. The van der Waals surface area contributed by atoms with E-state index in [4.69, 9.17) is 11.6 Å². The zero-order chi connectivity index (χ0) is 14.2. The first kappa shape index (κ1) is 15.8. The van der Waals surface area contributed by atoms with Crippen molar-refractivity contribution in [3.05, 3.63) is 34.9 Å². The van der Waals surface area contributed by atoms with Crippen LogP contribution in [0.15, 0.2) is 24.3 Å². The van der Waals surface area contributed by atoms with E-state index >= 15 is 0 Å². The van der Waals surface area contributed by atoms with Gasteiger partial charge in [-0.05, 0) is 51.0 Å². The average molecular weight is 295 g/mol. The molecule has 0 atom stereocenters. The molecule has 112 valence electrons. The van der Waals surface area contributed by atoms with E-state index in [9.17, 15) is 0 Å². The molecule has 1 aliphatic carbocycles. The van der Waals surface area contributed by atoms with Crippen LogP contribution in [0.3, 0.4) is 0 Å². The van der Waals surface area contributed by atoms with Gasteiger partial charge in [0, 0.05) is 17.6 Å². The fourth-order valence-electron chi connectivity index (χ4n) is 2.96. The van der Waals surface area contributed by atoms with Crippen molar-refractivity contribution in [2.45, 2.75) is 51.1 Å². The molecule has 20 heavy (non-hydrogen) atoms. The van der Waals surface area contributed by atoms with E-state index in [0.29, 0.717) is 0 Å². The van der Waals surface area contributed by atoms with Gasteiger partial charge < -0.3 is 10.2 Å². The van der Waals surface area contributed by atoms with E-state index in [-0.39, 0.29) is 0 Å². The molecule has 0 aromatic heterocycles. The number of nitrogens with zero attached hydrogens (tertiary/aromatic N) is 1. The summed E-state index contributed by atoms with van der Waals surface area (Å²) in [4.78, 5) is 2.35. The monoisotopic (exact) mass is 294 g/mol. The summed E-state index contributed by atoms with van der Waals surface area (Å²) in [6.45, 7) is 3.19. The summed E-state index contributed by atoms with van der Waals surface area (Å²) in [5.41, 5.74) is 1.22. The molecule has 0 saturated heterocycles. The summed E-state index contributed by atoms with van der Waals surface area (Å²) >= 11 is 6.19. The minimum absolute atomic E-state index is 0.776. The van der Waals surface area contributed by atoms with Crippen molar-refractivity contribution in [2.24, 2.45) is 0 Å². The normalized spacial score (nSPS) is 16.8. The van der Waals surface area contributed by atoms with E-state index in [2.05, 4.69) is 29.4 Å². The predicted octanol–water partition coefficient (Wildman–Crippen LogP) is 4.08. The molecule has 0 unspecified atom stereocenters. The maximum atomic E-state index is 6.19. The van der Waals surface area contributed by atoms with Crippen LogP contribution < -0.4 is 5.32 Å². The molecule has 1 aromatic carbocycles. The molecule has 2 rings (SSSR count). The fraction of sp³-hybridized carbons (Fsp3) is 0.647. The van der Waals surface area contributed by atoms with Gasteiger partial charge in [-0.1, -0.05) is 49.1 Å². The Morgan fingerprint density at radius 3 is 2.70 bits per heavy atom. The second kappa shape index (κ2) is 8.66. The lowest BCUT2D eigenvalue weighted by Crippen LogP contribution is -2.33. The van der Waals surface area contributed by atoms with Crippen LogP contribution >= 0.6 is 11.6 Å². The minimum Gasteiger partial charge on any atom is -0.314 e. The van der Waals surface area contributed by atoms with E-state index < -0.39 is 0 Å². The van der Waals surface area contributed by atoms with Crippen molar-refractivity contribution >= 4 is 11.6 Å². The molecule has 0 aliphatic heterocycles. The van der Waals surface area contributed by atoms with E-state index in [1.807, 2.05) is 12.1 Å². The summed E-state index contributed by atoms with van der Waals surface area (Å²) in [5.74, 6) is 0. The highest BCUT2D eigenvalue weighted by molar-refractivity contribution is 6.31. The summed E-state index contributed by atoms with van der Waals surface area (Å²) in [6.07, 6.45) is 8.19. The summed E-state index contributed by atoms with van der Waals surface area (Å²) < 4.78 is 0. The quantitative estimate of drug-likeness (QED) is 0.762. The zero-order valence-electron chi connectivity index (χ0n) is 12.6. The van der Waals surface area contributed by atoms with Gasteiger partial charge in [0.1, 0.15) is 0 Å². The van der Waals surface area contributed by atoms with Crippen LogP contribution in [-0.2, 0) is 6.54 Å². The Bertz CT molecular complexity index is 388. The Balaban J connectivity index is 1.60. The first-order valence-electron chi connectivity index (χ1n) is 7.91. The van der Waals surface area contributed by atoms with Crippen LogP contribution in [0.1, 0.15) is 44.1 Å². The fourth-order valence-corrected chi connectivity index (χ4v) is 3.15. The van der Waals surface area contributed by atoms with Crippen LogP contribution in [0.4, 0.5) is 0 Å². The lowest BCUT2D eigenvalue weighted by Gasteiger charge is -2.23. The van der Waals surface area contributed by atoms with Gasteiger partial charge in [0.25, 0.3) is 0 Å². The first-order chi connectivity index (χ1) is 9.75. The van der Waals surface area contributed by atoms with Gasteiger partial charge in [-0.15, -0.1) is 0 Å². The van der Waals surface area contributed by atoms with Gasteiger partial charge in [-0.2, -0.15) is 0 Å². The third-order valence-electron chi connectivity index (χ3n) is 4.15. The van der Waals surface area contributed by atoms with E-state index in [0.717, 1.165) is 30.7 Å². The van der Waals surface area contributed by atoms with Crippen molar-refractivity contribution < 1.29 is 0 Å². The molecule has 0 bridgehead atoms. The third-order valence-corrected chi connectivity index (χ3v) is 4.52. The highest BCUT2D eigenvalue weighted by atomic mass is 35.5. The Kier molecular flexibility index (Phi) is 6.85. The Labute approximate surface area is 128 Å². The molecular weight excluding hydrogens is 268 g/mol. The molecular formula is C17H27ClN2. The van der Waals surface area contributed by atoms with Gasteiger partial charge in [-0.3, -0.25) is 0 Å². The highest BCUT2D eigenvalue weighted by Gasteiger charge is 2.12. The van der Waals surface area contributed by atoms with Crippen molar-refractivity contribution in [1.29, 1.82) is 0 Å². The number of halogens is 1. The molecule has 1 saturated carbocycles. The highest BCUT2D eigenvalue weighted by Crippen LogP contribution is 2.18. The second-order valence-electron chi connectivity index (χ2n) is 5.97. The Morgan fingerprint density at radius 1 is 1.20 bits per heavy atom. The van der Waals surface area contributed by atoms with Gasteiger partial charge in [0.15, 0.2) is 0 Å². The lowest BCUT2D eigenvalue weighted by atomic mass is 9.95. The largest absolute Gasteiger partial charge is 0.314 e. The van der Waals surface area contributed by atoms with Gasteiger partial charge in [0.2, 0.25) is 0 Å². The molecule has 3 heteroatoms. The first-order valence-corrected chi connectivity index (χ1v) is 8.29.